The van der Waals surface area contributed by atoms with Crippen LogP contribution in [0, 0.1) is 18.3 Å². The van der Waals surface area contributed by atoms with Gasteiger partial charge in [-0.05, 0) is 67.8 Å². The van der Waals surface area contributed by atoms with Crippen molar-refractivity contribution in [3.05, 3.63) is 88.9 Å². The van der Waals surface area contributed by atoms with Gasteiger partial charge in [0.15, 0.2) is 11.5 Å². The van der Waals surface area contributed by atoms with E-state index >= 15 is 0 Å². The zero-order valence-electron chi connectivity index (χ0n) is 28.6. The van der Waals surface area contributed by atoms with Gasteiger partial charge >= 0.3 is 0 Å². The fraction of sp³-hybridized carbons (Fsp3) is 0.324. The van der Waals surface area contributed by atoms with E-state index in [1.165, 1.54) is 11.9 Å². The fourth-order valence-corrected chi connectivity index (χ4v) is 6.47. The largest absolute Gasteiger partial charge is 0.441 e. The molecule has 2 aromatic heterocycles. The molecule has 50 heavy (non-hydrogen) atoms. The lowest BCUT2D eigenvalue weighted by Crippen LogP contribution is -2.42. The third kappa shape index (κ3) is 7.32. The molecule has 13 heteroatoms. The number of amidine groups is 1. The first-order chi connectivity index (χ1) is 24.1. The van der Waals surface area contributed by atoms with Gasteiger partial charge in [-0.2, -0.15) is 0 Å². The monoisotopic (exact) mass is 674 g/mol. The van der Waals surface area contributed by atoms with Crippen LogP contribution in [0.3, 0.4) is 0 Å². The van der Waals surface area contributed by atoms with Crippen molar-refractivity contribution in [3.63, 3.8) is 0 Å². The second-order valence-electron chi connectivity index (χ2n) is 12.5. The van der Waals surface area contributed by atoms with E-state index in [1.807, 2.05) is 36.1 Å². The summed E-state index contributed by atoms with van der Waals surface area (Å²) in [6, 6.07) is 16.6. The highest BCUT2D eigenvalue weighted by molar-refractivity contribution is 6.14. The summed E-state index contributed by atoms with van der Waals surface area (Å²) in [6.45, 7) is 6.67. The number of aromatic nitrogens is 2. The number of pyridine rings is 1. The zero-order valence-corrected chi connectivity index (χ0v) is 28.6. The molecule has 5 N–H and O–H groups in total. The van der Waals surface area contributed by atoms with Gasteiger partial charge in [-0.15, -0.1) is 0 Å². The number of nitrogens with one attached hydrogen (secondary N) is 1. The molecule has 13 nitrogen and oxygen atoms in total. The van der Waals surface area contributed by atoms with E-state index in [-0.39, 0.29) is 30.0 Å². The van der Waals surface area contributed by atoms with Crippen LogP contribution >= 0.6 is 0 Å². The Morgan fingerprint density at radius 3 is 2.60 bits per heavy atom. The van der Waals surface area contributed by atoms with E-state index in [9.17, 15) is 9.59 Å². The predicted octanol–water partition coefficient (Wildman–Crippen LogP) is 3.88. The molecular formula is C37H42N10O3. The highest BCUT2D eigenvalue weighted by Gasteiger charge is 2.34. The van der Waals surface area contributed by atoms with Crippen molar-refractivity contribution >= 4 is 57.9 Å². The van der Waals surface area contributed by atoms with E-state index in [1.54, 1.807) is 49.2 Å². The van der Waals surface area contributed by atoms with Crippen molar-refractivity contribution in [2.24, 2.45) is 21.6 Å². The molecule has 0 spiro atoms. The van der Waals surface area contributed by atoms with Crippen molar-refractivity contribution in [2.45, 2.75) is 26.7 Å². The number of anilines is 2. The number of hydrogen-bond acceptors (Lipinski definition) is 9. The third-order valence-corrected chi connectivity index (χ3v) is 9.20. The number of nitrogens with zero attached hydrogens (tertiary/aromatic N) is 7. The van der Waals surface area contributed by atoms with E-state index in [4.69, 9.17) is 26.3 Å². The van der Waals surface area contributed by atoms with E-state index in [0.717, 1.165) is 17.5 Å². The molecule has 1 saturated heterocycles. The van der Waals surface area contributed by atoms with Crippen LogP contribution in [0.25, 0.3) is 16.7 Å². The number of aliphatic imine (C=N–C) groups is 2. The molecule has 2 aromatic carbocycles. The number of oxazole rings is 1. The molecule has 4 heterocycles. The lowest BCUT2D eigenvalue weighted by molar-refractivity contribution is -0.132. The highest BCUT2D eigenvalue weighted by atomic mass is 16.3. The Labute approximate surface area is 290 Å². The van der Waals surface area contributed by atoms with Crippen LogP contribution in [-0.2, 0) is 9.59 Å². The zero-order chi connectivity index (χ0) is 35.4. The number of nitrogen functional groups attached to an aromatic ring is 1. The van der Waals surface area contributed by atoms with E-state index < -0.39 is 0 Å². The lowest BCUT2D eigenvalue weighted by Gasteiger charge is -2.29. The van der Waals surface area contributed by atoms with Crippen molar-refractivity contribution in [1.82, 2.24) is 19.8 Å². The number of likely N-dealkylation sites (tertiary alicyclic amines) is 1. The highest BCUT2D eigenvalue weighted by Crippen LogP contribution is 2.27. The summed E-state index contributed by atoms with van der Waals surface area (Å²) in [6.07, 6.45) is 4.93. The summed E-state index contributed by atoms with van der Waals surface area (Å²) in [5, 5.41) is 8.87. The maximum atomic E-state index is 13.8. The lowest BCUT2D eigenvalue weighted by atomic mass is 9.98. The van der Waals surface area contributed by atoms with E-state index in [2.05, 4.69) is 25.9 Å². The molecule has 1 atom stereocenters. The Morgan fingerprint density at radius 1 is 1.10 bits per heavy atom. The van der Waals surface area contributed by atoms with Gasteiger partial charge in [0.25, 0.3) is 0 Å². The van der Waals surface area contributed by atoms with Crippen LogP contribution in [0.2, 0.25) is 0 Å². The molecule has 6 rings (SSSR count). The smallest absolute Gasteiger partial charge is 0.237 e. The molecule has 0 radical (unpaired) electrons. The molecule has 4 aromatic rings. The number of rotatable bonds is 10. The standard InChI is InChI=1S/C37H42N10O3/c1-4-47(32-12-10-29(38)35(44-32)34(39)27-9-11-31-30(19-27)43-23(2)50-31)37(49)28-13-16-45(20-28)21-33(48)46-17-14-25(15-18-46)24-5-7-26(8-6-24)36(40)42-22-41-3/h5-12,14,19,22,28,39H,4,13,15-18,20-21,38H2,1-3H3,(H2,40,41,42)/t28-/m0/s1. The second-order valence-corrected chi connectivity index (χ2v) is 12.5. The Kier molecular flexibility index (Phi) is 10.1. The minimum Gasteiger partial charge on any atom is -0.441 e. The van der Waals surface area contributed by atoms with Crippen molar-refractivity contribution in [3.8, 4) is 0 Å². The first-order valence-electron chi connectivity index (χ1n) is 16.7. The molecule has 0 bridgehead atoms. The van der Waals surface area contributed by atoms with Crippen LogP contribution in [0.15, 0.2) is 75.1 Å². The molecular weight excluding hydrogens is 632 g/mol. The predicted molar refractivity (Wildman–Crippen MR) is 197 cm³/mol. The summed E-state index contributed by atoms with van der Waals surface area (Å²) in [5.41, 5.74) is 18.1. The van der Waals surface area contributed by atoms with Gasteiger partial charge < -0.3 is 20.8 Å². The molecule has 0 aliphatic carbocycles. The number of nitrogens with two attached hydrogens (primary N) is 2. The molecule has 2 aliphatic heterocycles. The van der Waals surface area contributed by atoms with Crippen molar-refractivity contribution in [1.29, 1.82) is 5.41 Å². The minimum absolute atomic E-state index is 0.0555. The topological polar surface area (TPSA) is 183 Å². The molecule has 0 saturated carbocycles. The molecule has 258 valence electrons. The van der Waals surface area contributed by atoms with Crippen molar-refractivity contribution < 1.29 is 14.0 Å². The van der Waals surface area contributed by atoms with Gasteiger partial charge in [-0.25, -0.2) is 15.0 Å². The number of fused-ring (bicyclic) bond motifs is 1. The van der Waals surface area contributed by atoms with Crippen LogP contribution in [0.5, 0.6) is 0 Å². The normalized spacial score (nSPS) is 17.0. The average molecular weight is 675 g/mol. The number of carbonyl (C=O) groups is 2. The molecule has 1 fully saturated rings. The van der Waals surface area contributed by atoms with Gasteiger partial charge in [0.2, 0.25) is 11.8 Å². The first kappa shape index (κ1) is 34.2. The van der Waals surface area contributed by atoms with Gasteiger partial charge in [0, 0.05) is 51.3 Å². The van der Waals surface area contributed by atoms with E-state index in [0.29, 0.717) is 84.7 Å². The second kappa shape index (κ2) is 14.8. The maximum absolute atomic E-state index is 13.8. The van der Waals surface area contributed by atoms with Crippen LogP contribution in [-0.4, -0.2) is 95.8 Å². The minimum atomic E-state index is -0.271. The summed E-state index contributed by atoms with van der Waals surface area (Å²) < 4.78 is 5.57. The summed E-state index contributed by atoms with van der Waals surface area (Å²) in [7, 11) is 1.64. The SMILES string of the molecule is CCN(C(=O)[C@H]1CCN(CC(=O)N2CC=C(c3ccc(C(N)=NC=NC)cc3)CC2)C1)c1ccc(N)c(C(=N)c2ccc3oc(C)nc3c2)n1. The Bertz CT molecular complexity index is 2010. The number of amides is 2. The first-order valence-corrected chi connectivity index (χ1v) is 16.7. The fourth-order valence-electron chi connectivity index (χ4n) is 6.47. The summed E-state index contributed by atoms with van der Waals surface area (Å²) in [4.78, 5) is 49.7. The summed E-state index contributed by atoms with van der Waals surface area (Å²) >= 11 is 0. The average Bonchev–Trinajstić information content (AvgIpc) is 3.76. The Morgan fingerprint density at radius 2 is 1.88 bits per heavy atom. The van der Waals surface area contributed by atoms with Crippen LogP contribution in [0.1, 0.15) is 48.0 Å². The molecule has 0 unspecified atom stereocenters. The third-order valence-electron chi connectivity index (χ3n) is 9.20. The maximum Gasteiger partial charge on any atom is 0.237 e. The van der Waals surface area contributed by atoms with Gasteiger partial charge in [0.05, 0.1) is 23.9 Å². The number of aryl methyl sites for hydroxylation is 1. The van der Waals surface area contributed by atoms with Gasteiger partial charge in [-0.3, -0.25) is 29.8 Å². The van der Waals surface area contributed by atoms with Crippen LogP contribution in [0.4, 0.5) is 11.5 Å². The Balaban J connectivity index is 1.05. The molecule has 2 aliphatic rings. The van der Waals surface area contributed by atoms with Gasteiger partial charge in [0.1, 0.15) is 29.2 Å². The Hall–Kier alpha value is -5.69. The quantitative estimate of drug-likeness (QED) is 0.167. The molecule has 2 amide bonds. The van der Waals surface area contributed by atoms with Crippen molar-refractivity contribution in [2.75, 3.05) is 56.9 Å². The summed E-state index contributed by atoms with van der Waals surface area (Å²) in [5.74, 6) is 1.12. The number of hydrogen-bond donors (Lipinski definition) is 3. The van der Waals surface area contributed by atoms with Gasteiger partial charge in [-0.1, -0.05) is 30.3 Å². The number of carbonyl (C=O) groups excluding carboxylic acids is 2. The number of benzene rings is 2. The van der Waals surface area contributed by atoms with Crippen LogP contribution < -0.4 is 16.4 Å².